The number of ketones is 1. The van der Waals surface area contributed by atoms with Crippen LogP contribution in [0.5, 0.6) is 11.5 Å². The molecule has 7 nitrogen and oxygen atoms in total. The van der Waals surface area contributed by atoms with Gasteiger partial charge in [0.05, 0.1) is 11.4 Å². The zero-order valence-corrected chi connectivity index (χ0v) is 16.5. The van der Waals surface area contributed by atoms with Crippen molar-refractivity contribution >= 4 is 5.78 Å². The van der Waals surface area contributed by atoms with Gasteiger partial charge in [0, 0.05) is 34.9 Å². The summed E-state index contributed by atoms with van der Waals surface area (Å²) in [6.45, 7) is 2.21. The van der Waals surface area contributed by atoms with E-state index in [0.717, 1.165) is 66.3 Å². The lowest BCUT2D eigenvalue weighted by Crippen LogP contribution is -2.43. The number of carbonyl (C=O) groups excluding carboxylic acids is 1. The van der Waals surface area contributed by atoms with E-state index >= 15 is 0 Å². The fourth-order valence-electron chi connectivity index (χ4n) is 4.93. The number of Topliss-reactive ketones (excluding diaryl/α,β-unsaturated/α-hetero) is 1. The number of aromatic amines is 1. The number of carbonyl (C=O) groups is 1. The van der Waals surface area contributed by atoms with E-state index in [1.807, 2.05) is 30.3 Å². The molecule has 0 radical (unpaired) electrons. The highest BCUT2D eigenvalue weighted by Crippen LogP contribution is 2.44. The predicted octanol–water partition coefficient (Wildman–Crippen LogP) is 3.47. The van der Waals surface area contributed by atoms with E-state index in [0.29, 0.717) is 18.0 Å². The monoisotopic (exact) mass is 402 g/mol. The number of rotatable bonds is 2. The Bertz CT molecular complexity index is 1150. The minimum atomic E-state index is 0.0694. The van der Waals surface area contributed by atoms with Gasteiger partial charge in [-0.3, -0.25) is 4.79 Å². The van der Waals surface area contributed by atoms with Gasteiger partial charge in [0.25, 0.3) is 0 Å². The van der Waals surface area contributed by atoms with Crippen molar-refractivity contribution in [3.63, 3.8) is 0 Å². The fraction of sp³-hybridized carbons (Fsp3) is 0.348. The second-order valence-electron chi connectivity index (χ2n) is 8.26. The molecule has 1 spiro atoms. The number of nitrogens with one attached hydrogen (secondary N) is 2. The summed E-state index contributed by atoms with van der Waals surface area (Å²) < 4.78 is 10.9. The van der Waals surface area contributed by atoms with Crippen LogP contribution in [0.25, 0.3) is 22.8 Å². The molecule has 3 aromatic rings. The topological polar surface area (TPSA) is 89.1 Å². The summed E-state index contributed by atoms with van der Waals surface area (Å²) >= 11 is 0. The molecule has 1 fully saturated rings. The van der Waals surface area contributed by atoms with Crippen LogP contribution in [0.1, 0.15) is 41.7 Å². The first-order chi connectivity index (χ1) is 14.7. The van der Waals surface area contributed by atoms with Gasteiger partial charge in [-0.2, -0.15) is 0 Å². The summed E-state index contributed by atoms with van der Waals surface area (Å²) in [4.78, 5) is 25.5. The maximum absolute atomic E-state index is 12.7. The van der Waals surface area contributed by atoms with Gasteiger partial charge in [-0.15, -0.1) is 0 Å². The summed E-state index contributed by atoms with van der Waals surface area (Å²) in [5, 5.41) is 3.44. The van der Waals surface area contributed by atoms with Crippen molar-refractivity contribution in [1.29, 1.82) is 0 Å². The molecule has 2 aromatic heterocycles. The first-order valence-corrected chi connectivity index (χ1v) is 10.4. The van der Waals surface area contributed by atoms with E-state index in [9.17, 15) is 4.79 Å². The van der Waals surface area contributed by atoms with Crippen LogP contribution in [0.2, 0.25) is 0 Å². The van der Waals surface area contributed by atoms with Crippen LogP contribution in [-0.4, -0.2) is 40.6 Å². The first kappa shape index (κ1) is 17.7. The van der Waals surface area contributed by atoms with E-state index in [2.05, 4.69) is 15.3 Å². The van der Waals surface area contributed by atoms with Crippen molar-refractivity contribution in [2.45, 2.75) is 31.1 Å². The molecule has 6 rings (SSSR count). The normalized spacial score (nSPS) is 19.1. The number of hydrogen-bond donors (Lipinski definition) is 2. The van der Waals surface area contributed by atoms with Crippen LogP contribution >= 0.6 is 0 Å². The lowest BCUT2D eigenvalue weighted by molar-refractivity contribution is 0.0940. The quantitative estimate of drug-likeness (QED) is 0.682. The Balaban J connectivity index is 1.40. The van der Waals surface area contributed by atoms with Crippen molar-refractivity contribution in [1.82, 2.24) is 20.3 Å². The molecule has 0 bridgehead atoms. The minimum absolute atomic E-state index is 0.0694. The number of aromatic nitrogens is 3. The number of hydrogen-bond acceptors (Lipinski definition) is 6. The Hall–Kier alpha value is -3.19. The van der Waals surface area contributed by atoms with Crippen LogP contribution in [0, 0.1) is 0 Å². The maximum atomic E-state index is 12.7. The fourth-order valence-corrected chi connectivity index (χ4v) is 4.93. The summed E-state index contributed by atoms with van der Waals surface area (Å²) in [6, 6.07) is 9.56. The van der Waals surface area contributed by atoms with E-state index in [1.165, 1.54) is 0 Å². The number of piperidine rings is 1. The van der Waals surface area contributed by atoms with Crippen molar-refractivity contribution in [2.24, 2.45) is 0 Å². The predicted molar refractivity (Wildman–Crippen MR) is 111 cm³/mol. The molecule has 1 aromatic carbocycles. The molecule has 0 saturated carbocycles. The molecule has 152 valence electrons. The van der Waals surface area contributed by atoms with Gasteiger partial charge in [0.2, 0.25) is 6.79 Å². The Morgan fingerprint density at radius 2 is 1.87 bits per heavy atom. The zero-order valence-electron chi connectivity index (χ0n) is 16.5. The molecule has 0 atom stereocenters. The largest absolute Gasteiger partial charge is 0.454 e. The lowest BCUT2D eigenvalue weighted by atomic mass is 9.68. The van der Waals surface area contributed by atoms with Crippen LogP contribution in [0.4, 0.5) is 0 Å². The number of fused-ring (bicyclic) bond motifs is 3. The van der Waals surface area contributed by atoms with Crippen LogP contribution < -0.4 is 14.8 Å². The number of nitrogens with zero attached hydrogens (tertiary/aromatic N) is 2. The van der Waals surface area contributed by atoms with E-state index in [4.69, 9.17) is 14.5 Å². The van der Waals surface area contributed by atoms with Crippen LogP contribution in [0.3, 0.4) is 0 Å². The Kier molecular flexibility index (Phi) is 3.92. The summed E-state index contributed by atoms with van der Waals surface area (Å²) in [6.07, 6.45) is 5.41. The molecule has 7 heteroatoms. The average molecular weight is 402 g/mol. The molecule has 1 saturated heterocycles. The minimum Gasteiger partial charge on any atom is -0.454 e. The van der Waals surface area contributed by atoms with Gasteiger partial charge in [-0.1, -0.05) is 0 Å². The summed E-state index contributed by atoms with van der Waals surface area (Å²) in [7, 11) is 0. The third-order valence-corrected chi connectivity index (χ3v) is 6.60. The van der Waals surface area contributed by atoms with Gasteiger partial charge in [-0.25, -0.2) is 9.97 Å². The third kappa shape index (κ3) is 2.73. The SMILES string of the molecule is O=C1CCC2(CCNCC2)c2[nH]c(-c3ccnc(-c4ccc5c(c4)OCO5)n3)cc21. The van der Waals surface area contributed by atoms with Crippen molar-refractivity contribution < 1.29 is 14.3 Å². The van der Waals surface area contributed by atoms with Crippen molar-refractivity contribution in [2.75, 3.05) is 19.9 Å². The summed E-state index contributed by atoms with van der Waals surface area (Å²) in [5.74, 6) is 2.27. The zero-order chi connectivity index (χ0) is 20.1. The number of benzene rings is 1. The highest BCUT2D eigenvalue weighted by molar-refractivity contribution is 6.00. The molecule has 2 N–H and O–H groups in total. The van der Waals surface area contributed by atoms with Gasteiger partial charge in [0.15, 0.2) is 23.1 Å². The van der Waals surface area contributed by atoms with Crippen LogP contribution in [0.15, 0.2) is 36.5 Å². The van der Waals surface area contributed by atoms with Gasteiger partial charge in [0.1, 0.15) is 0 Å². The molecule has 0 amide bonds. The van der Waals surface area contributed by atoms with Gasteiger partial charge in [-0.05, 0) is 62.7 Å². The Morgan fingerprint density at radius 3 is 2.77 bits per heavy atom. The standard InChI is InChI=1S/C23H22N4O3/c28-18-3-5-23(6-9-24-10-7-23)21-15(18)12-17(26-21)16-4-8-25-22(27-16)14-1-2-19-20(11-14)30-13-29-19/h1-2,4,8,11-12,24,26H,3,5-7,9-10,13H2. The van der Waals surface area contributed by atoms with Crippen molar-refractivity contribution in [3.8, 4) is 34.3 Å². The van der Waals surface area contributed by atoms with Crippen LogP contribution in [-0.2, 0) is 5.41 Å². The maximum Gasteiger partial charge on any atom is 0.231 e. The summed E-state index contributed by atoms with van der Waals surface area (Å²) in [5.41, 5.74) is 4.52. The first-order valence-electron chi connectivity index (χ1n) is 10.4. The lowest BCUT2D eigenvalue weighted by Gasteiger charge is -2.40. The Morgan fingerprint density at radius 1 is 1.00 bits per heavy atom. The van der Waals surface area contributed by atoms with Crippen molar-refractivity contribution in [3.05, 3.63) is 47.8 Å². The molecule has 4 heterocycles. The second kappa shape index (κ2) is 6.67. The van der Waals surface area contributed by atoms with E-state index in [-0.39, 0.29) is 18.0 Å². The number of ether oxygens (including phenoxy) is 2. The highest BCUT2D eigenvalue weighted by Gasteiger charge is 2.42. The molecule has 0 unspecified atom stereocenters. The Labute approximate surface area is 173 Å². The molecular weight excluding hydrogens is 380 g/mol. The van der Waals surface area contributed by atoms with Gasteiger partial charge >= 0.3 is 0 Å². The van der Waals surface area contributed by atoms with Gasteiger partial charge < -0.3 is 19.8 Å². The molecule has 1 aliphatic carbocycles. The molecule has 3 aliphatic rings. The van der Waals surface area contributed by atoms with E-state index in [1.54, 1.807) is 6.20 Å². The molecule has 2 aliphatic heterocycles. The smallest absolute Gasteiger partial charge is 0.231 e. The van der Waals surface area contributed by atoms with E-state index < -0.39 is 0 Å². The molecular formula is C23H22N4O3. The highest BCUT2D eigenvalue weighted by atomic mass is 16.7. The second-order valence-corrected chi connectivity index (χ2v) is 8.26. The average Bonchev–Trinajstić information content (AvgIpc) is 3.45. The number of H-pyrrole nitrogens is 1. The third-order valence-electron chi connectivity index (χ3n) is 6.60. The molecule has 30 heavy (non-hydrogen) atoms.